The molecular weight excluding hydrogens is 136 g/mol. The Balaban J connectivity index is 3.15. The normalized spacial score (nSPS) is 9.09. The molecule has 0 saturated carbocycles. The van der Waals surface area contributed by atoms with Gasteiger partial charge in [-0.25, -0.2) is 4.98 Å². The van der Waals surface area contributed by atoms with E-state index in [9.17, 15) is 0 Å². The van der Waals surface area contributed by atoms with Gasteiger partial charge in [-0.1, -0.05) is 12.8 Å². The van der Waals surface area contributed by atoms with Crippen molar-refractivity contribution in [1.29, 1.82) is 0 Å². The largest absolute Gasteiger partial charge is 0.399 e. The monoisotopic (exact) mass is 146 g/mol. The zero-order valence-corrected chi connectivity index (χ0v) is 6.46. The first kappa shape index (κ1) is 7.62. The quantitative estimate of drug-likeness (QED) is 0.605. The van der Waals surface area contributed by atoms with Crippen LogP contribution in [0.1, 0.15) is 18.3 Å². The summed E-state index contributed by atoms with van der Waals surface area (Å²) in [7, 11) is 0. The number of rotatable bonds is 1. The first-order valence-electron chi connectivity index (χ1n) is 3.49. The Morgan fingerprint density at radius 3 is 2.91 bits per heavy atom. The van der Waals surface area contributed by atoms with Gasteiger partial charge < -0.3 is 5.73 Å². The van der Waals surface area contributed by atoms with Crippen molar-refractivity contribution in [2.75, 3.05) is 5.73 Å². The Bertz CT molecular complexity index is 297. The van der Waals surface area contributed by atoms with Crippen LogP contribution >= 0.6 is 0 Å². The van der Waals surface area contributed by atoms with Crippen molar-refractivity contribution in [3.05, 3.63) is 23.5 Å². The highest BCUT2D eigenvalue weighted by atomic mass is 14.7. The van der Waals surface area contributed by atoms with Crippen LogP contribution in [0.2, 0.25) is 0 Å². The molecule has 1 rings (SSSR count). The van der Waals surface area contributed by atoms with E-state index in [-0.39, 0.29) is 0 Å². The summed E-state index contributed by atoms with van der Waals surface area (Å²) in [6.07, 6.45) is 6.04. The van der Waals surface area contributed by atoms with Gasteiger partial charge in [-0.2, -0.15) is 0 Å². The maximum absolute atomic E-state index is 5.58. The van der Waals surface area contributed by atoms with Gasteiger partial charge in [0.05, 0.1) is 0 Å². The molecule has 0 radical (unpaired) electrons. The number of aryl methyl sites for hydroxylation is 1. The van der Waals surface area contributed by atoms with Gasteiger partial charge in [0.1, 0.15) is 5.69 Å². The predicted molar refractivity (Wildman–Crippen MR) is 46.0 cm³/mol. The summed E-state index contributed by atoms with van der Waals surface area (Å²) in [5.74, 6) is 2.45. The lowest BCUT2D eigenvalue weighted by Gasteiger charge is -1.98. The molecule has 11 heavy (non-hydrogen) atoms. The molecule has 1 heterocycles. The smallest absolute Gasteiger partial charge is 0.115 e. The van der Waals surface area contributed by atoms with Crippen LogP contribution in [0.3, 0.4) is 0 Å². The standard InChI is InChI=1S/C9H10N2/c1-3-8-5-7(10)6-9(4-2)11-8/h1,5-6H,4H2,2H3,(H2,10,11). The molecule has 0 aliphatic carbocycles. The number of pyridine rings is 1. The van der Waals surface area contributed by atoms with E-state index >= 15 is 0 Å². The van der Waals surface area contributed by atoms with Gasteiger partial charge in [0.15, 0.2) is 0 Å². The van der Waals surface area contributed by atoms with Crippen LogP contribution in [0.5, 0.6) is 0 Å². The number of aromatic nitrogens is 1. The molecule has 0 unspecified atom stereocenters. The van der Waals surface area contributed by atoms with Crippen LogP contribution in [0.25, 0.3) is 0 Å². The number of hydrogen-bond acceptors (Lipinski definition) is 2. The van der Waals surface area contributed by atoms with Crippen LogP contribution in [-0.2, 0) is 6.42 Å². The minimum absolute atomic E-state index is 0.613. The number of anilines is 1. The summed E-state index contributed by atoms with van der Waals surface area (Å²) in [6.45, 7) is 2.02. The summed E-state index contributed by atoms with van der Waals surface area (Å²) >= 11 is 0. The number of terminal acetylenes is 1. The highest BCUT2D eigenvalue weighted by Gasteiger charge is 1.95. The minimum Gasteiger partial charge on any atom is -0.399 e. The van der Waals surface area contributed by atoms with E-state index in [0.29, 0.717) is 11.4 Å². The lowest BCUT2D eigenvalue weighted by atomic mass is 10.2. The Morgan fingerprint density at radius 2 is 2.36 bits per heavy atom. The highest BCUT2D eigenvalue weighted by molar-refractivity contribution is 5.44. The molecule has 1 aromatic heterocycles. The second-order valence-electron chi connectivity index (χ2n) is 2.27. The summed E-state index contributed by atoms with van der Waals surface area (Å²) in [5.41, 5.74) is 7.82. The maximum atomic E-state index is 5.58. The topological polar surface area (TPSA) is 38.9 Å². The van der Waals surface area contributed by atoms with Gasteiger partial charge in [-0.3, -0.25) is 0 Å². The molecule has 2 N–H and O–H groups in total. The molecular formula is C9H10N2. The lowest BCUT2D eigenvalue weighted by molar-refractivity contribution is 1.03. The zero-order chi connectivity index (χ0) is 8.27. The fourth-order valence-corrected chi connectivity index (χ4v) is 0.866. The Hall–Kier alpha value is -1.49. The van der Waals surface area contributed by atoms with Crippen molar-refractivity contribution in [1.82, 2.24) is 4.98 Å². The first-order valence-corrected chi connectivity index (χ1v) is 3.49. The van der Waals surface area contributed by atoms with E-state index in [2.05, 4.69) is 10.9 Å². The number of nitrogens with zero attached hydrogens (tertiary/aromatic N) is 1. The molecule has 2 heteroatoms. The summed E-state index contributed by atoms with van der Waals surface area (Å²) in [4.78, 5) is 4.15. The van der Waals surface area contributed by atoms with E-state index in [4.69, 9.17) is 12.2 Å². The molecule has 0 atom stereocenters. The van der Waals surface area contributed by atoms with Gasteiger partial charge in [0.2, 0.25) is 0 Å². The second kappa shape index (κ2) is 3.07. The summed E-state index contributed by atoms with van der Waals surface area (Å²) < 4.78 is 0. The van der Waals surface area contributed by atoms with Crippen LogP contribution in [-0.4, -0.2) is 4.98 Å². The summed E-state index contributed by atoms with van der Waals surface area (Å²) in [5, 5.41) is 0. The predicted octanol–water partition coefficient (Wildman–Crippen LogP) is 1.21. The number of nitrogens with two attached hydrogens (primary N) is 1. The van der Waals surface area contributed by atoms with Crippen LogP contribution < -0.4 is 5.73 Å². The molecule has 0 fully saturated rings. The fraction of sp³-hybridized carbons (Fsp3) is 0.222. The van der Waals surface area contributed by atoms with E-state index < -0.39 is 0 Å². The van der Waals surface area contributed by atoms with Crippen molar-refractivity contribution >= 4 is 5.69 Å². The molecule has 2 nitrogen and oxygen atoms in total. The molecule has 0 bridgehead atoms. The minimum atomic E-state index is 0.613. The van der Waals surface area contributed by atoms with Gasteiger partial charge in [-0.15, -0.1) is 6.42 Å². The number of hydrogen-bond donors (Lipinski definition) is 1. The van der Waals surface area contributed by atoms with E-state index in [0.717, 1.165) is 12.1 Å². The average Bonchev–Trinajstić information content (AvgIpc) is 2.03. The van der Waals surface area contributed by atoms with E-state index in [1.807, 2.05) is 13.0 Å². The Labute approximate surface area is 66.4 Å². The van der Waals surface area contributed by atoms with Gasteiger partial charge >= 0.3 is 0 Å². The zero-order valence-electron chi connectivity index (χ0n) is 6.46. The Morgan fingerprint density at radius 1 is 1.64 bits per heavy atom. The molecule has 0 aliphatic heterocycles. The average molecular weight is 146 g/mol. The third kappa shape index (κ3) is 1.71. The van der Waals surface area contributed by atoms with Crippen LogP contribution in [0, 0.1) is 12.3 Å². The fourth-order valence-electron chi connectivity index (χ4n) is 0.866. The molecule has 0 amide bonds. The lowest BCUT2D eigenvalue weighted by Crippen LogP contribution is -1.94. The highest BCUT2D eigenvalue weighted by Crippen LogP contribution is 2.06. The van der Waals surface area contributed by atoms with E-state index in [1.165, 1.54) is 0 Å². The van der Waals surface area contributed by atoms with Gasteiger partial charge in [0.25, 0.3) is 0 Å². The van der Waals surface area contributed by atoms with Crippen molar-refractivity contribution in [2.24, 2.45) is 0 Å². The molecule has 0 aromatic carbocycles. The van der Waals surface area contributed by atoms with Gasteiger partial charge in [-0.05, 0) is 18.6 Å². The van der Waals surface area contributed by atoms with Crippen LogP contribution in [0.15, 0.2) is 12.1 Å². The van der Waals surface area contributed by atoms with E-state index in [1.54, 1.807) is 6.07 Å². The van der Waals surface area contributed by atoms with Crippen LogP contribution in [0.4, 0.5) is 5.69 Å². The summed E-state index contributed by atoms with van der Waals surface area (Å²) in [6, 6.07) is 3.53. The molecule has 56 valence electrons. The molecule has 1 aromatic rings. The number of nitrogen functional groups attached to an aromatic ring is 1. The second-order valence-corrected chi connectivity index (χ2v) is 2.27. The SMILES string of the molecule is C#Cc1cc(N)cc(CC)n1. The van der Waals surface area contributed by atoms with Crippen molar-refractivity contribution in [3.8, 4) is 12.3 Å². The van der Waals surface area contributed by atoms with Crippen molar-refractivity contribution in [3.63, 3.8) is 0 Å². The third-order valence-corrected chi connectivity index (χ3v) is 1.41. The molecule has 0 saturated heterocycles. The maximum Gasteiger partial charge on any atom is 0.115 e. The van der Waals surface area contributed by atoms with Crippen molar-refractivity contribution in [2.45, 2.75) is 13.3 Å². The molecule has 0 spiro atoms. The van der Waals surface area contributed by atoms with Gasteiger partial charge in [0, 0.05) is 11.4 Å². The third-order valence-electron chi connectivity index (χ3n) is 1.41. The Kier molecular flexibility index (Phi) is 2.12. The van der Waals surface area contributed by atoms with Crippen molar-refractivity contribution < 1.29 is 0 Å². The molecule has 0 aliphatic rings. The first-order chi connectivity index (χ1) is 5.26.